The van der Waals surface area contributed by atoms with E-state index in [1.807, 2.05) is 51.1 Å². The standard InChI is InChI=1S/C19H26O6/c1-4-10-21-14(11-20)15-16(22-12-13-8-6-5-7-9-13)17-18(23-15)25-19(2,3)24-17/h4-10,14-18,20H,11-12H2,1-3H3/b10-4+/t14-,15-,16-,17-,18-/m1/s1. The lowest BCUT2D eigenvalue weighted by molar-refractivity contribution is -0.232. The SMILES string of the molecule is C/C=C/O[C@H](CO)[C@H]1O[C@@H]2OC(C)(C)O[C@@H]2[C@@H]1OCc1ccccc1. The molecule has 3 rings (SSSR count). The third kappa shape index (κ3) is 4.22. The molecule has 1 N–H and O–H groups in total. The van der Waals surface area contributed by atoms with Crippen molar-refractivity contribution in [2.45, 2.75) is 63.9 Å². The Morgan fingerprint density at radius 3 is 2.68 bits per heavy atom. The van der Waals surface area contributed by atoms with Crippen molar-refractivity contribution in [1.29, 1.82) is 0 Å². The Hall–Kier alpha value is -1.44. The highest BCUT2D eigenvalue weighted by atomic mass is 16.8. The van der Waals surface area contributed by atoms with Gasteiger partial charge in [-0.15, -0.1) is 0 Å². The molecule has 2 aliphatic rings. The van der Waals surface area contributed by atoms with Gasteiger partial charge >= 0.3 is 0 Å². The van der Waals surface area contributed by atoms with Gasteiger partial charge in [0.1, 0.15) is 24.4 Å². The summed E-state index contributed by atoms with van der Waals surface area (Å²) in [6.07, 6.45) is 0.936. The second-order valence-electron chi connectivity index (χ2n) is 6.66. The topological polar surface area (TPSA) is 66.4 Å². The summed E-state index contributed by atoms with van der Waals surface area (Å²) in [7, 11) is 0. The summed E-state index contributed by atoms with van der Waals surface area (Å²) in [6, 6.07) is 9.89. The van der Waals surface area contributed by atoms with E-state index < -0.39 is 30.4 Å². The molecule has 5 atom stereocenters. The van der Waals surface area contributed by atoms with Gasteiger partial charge in [0.05, 0.1) is 19.5 Å². The van der Waals surface area contributed by atoms with Gasteiger partial charge in [-0.1, -0.05) is 36.4 Å². The predicted molar refractivity (Wildman–Crippen MR) is 90.5 cm³/mol. The van der Waals surface area contributed by atoms with Gasteiger partial charge in [-0.3, -0.25) is 0 Å². The summed E-state index contributed by atoms with van der Waals surface area (Å²) in [5, 5.41) is 9.71. The molecule has 138 valence electrons. The average Bonchev–Trinajstić information content (AvgIpc) is 3.06. The molecule has 2 saturated heterocycles. The normalized spacial score (nSPS) is 32.0. The Balaban J connectivity index is 1.74. The molecule has 0 aromatic heterocycles. The maximum absolute atomic E-state index is 9.71. The monoisotopic (exact) mass is 350 g/mol. The number of ether oxygens (including phenoxy) is 5. The van der Waals surface area contributed by atoms with Gasteiger partial charge in [0.15, 0.2) is 12.1 Å². The van der Waals surface area contributed by atoms with Crippen molar-refractivity contribution in [3.05, 3.63) is 48.2 Å². The summed E-state index contributed by atoms with van der Waals surface area (Å²) >= 11 is 0. The Kier molecular flexibility index (Phi) is 5.76. The first kappa shape index (κ1) is 18.4. The van der Waals surface area contributed by atoms with E-state index in [-0.39, 0.29) is 12.7 Å². The van der Waals surface area contributed by atoms with Crippen molar-refractivity contribution < 1.29 is 28.8 Å². The molecule has 0 radical (unpaired) electrons. The van der Waals surface area contributed by atoms with E-state index >= 15 is 0 Å². The van der Waals surface area contributed by atoms with Crippen molar-refractivity contribution in [2.75, 3.05) is 6.61 Å². The van der Waals surface area contributed by atoms with Crippen molar-refractivity contribution in [3.8, 4) is 0 Å². The summed E-state index contributed by atoms with van der Waals surface area (Å²) in [4.78, 5) is 0. The molecule has 0 amide bonds. The number of rotatable bonds is 7. The Bertz CT molecular complexity index is 573. The zero-order valence-electron chi connectivity index (χ0n) is 14.8. The predicted octanol–water partition coefficient (Wildman–Crippen LogP) is 2.36. The van der Waals surface area contributed by atoms with Gasteiger partial charge in [-0.05, 0) is 26.3 Å². The van der Waals surface area contributed by atoms with Crippen LogP contribution in [0.25, 0.3) is 0 Å². The highest BCUT2D eigenvalue weighted by Crippen LogP contribution is 2.40. The summed E-state index contributed by atoms with van der Waals surface area (Å²) in [6.45, 7) is 5.76. The Morgan fingerprint density at radius 2 is 2.00 bits per heavy atom. The lowest BCUT2D eigenvalue weighted by Crippen LogP contribution is -2.44. The molecular weight excluding hydrogens is 324 g/mol. The molecule has 2 fully saturated rings. The zero-order valence-corrected chi connectivity index (χ0v) is 14.8. The average molecular weight is 350 g/mol. The van der Waals surface area contributed by atoms with Crippen LogP contribution in [0.4, 0.5) is 0 Å². The van der Waals surface area contributed by atoms with Crippen LogP contribution in [0.1, 0.15) is 26.3 Å². The molecule has 0 bridgehead atoms. The molecule has 0 unspecified atom stereocenters. The van der Waals surface area contributed by atoms with Gasteiger partial charge in [-0.2, -0.15) is 0 Å². The maximum atomic E-state index is 9.71. The van der Waals surface area contributed by atoms with Crippen LogP contribution < -0.4 is 0 Å². The second-order valence-corrected chi connectivity index (χ2v) is 6.66. The first-order valence-electron chi connectivity index (χ1n) is 8.58. The number of allylic oxidation sites excluding steroid dienone is 1. The van der Waals surface area contributed by atoms with Crippen LogP contribution >= 0.6 is 0 Å². The molecule has 2 aliphatic heterocycles. The number of hydrogen-bond acceptors (Lipinski definition) is 6. The van der Waals surface area contributed by atoms with Gasteiger partial charge in [0, 0.05) is 0 Å². The number of aliphatic hydroxyl groups excluding tert-OH is 1. The van der Waals surface area contributed by atoms with Gasteiger partial charge in [0.25, 0.3) is 0 Å². The van der Waals surface area contributed by atoms with Crippen molar-refractivity contribution in [1.82, 2.24) is 0 Å². The molecule has 1 aromatic rings. The number of aliphatic hydroxyl groups is 1. The fraction of sp³-hybridized carbons (Fsp3) is 0.579. The second kappa shape index (κ2) is 7.85. The Labute approximate surface area is 148 Å². The van der Waals surface area contributed by atoms with Crippen molar-refractivity contribution >= 4 is 0 Å². The highest BCUT2D eigenvalue weighted by Gasteiger charge is 2.57. The minimum absolute atomic E-state index is 0.191. The molecule has 0 aliphatic carbocycles. The molecule has 1 aromatic carbocycles. The van der Waals surface area contributed by atoms with Gasteiger partial charge in [0.2, 0.25) is 0 Å². The summed E-state index contributed by atoms with van der Waals surface area (Å²) < 4.78 is 29.5. The molecule has 0 saturated carbocycles. The van der Waals surface area contributed by atoms with Crippen LogP contribution in [-0.4, -0.2) is 48.2 Å². The molecule has 0 spiro atoms. The van der Waals surface area contributed by atoms with Crippen LogP contribution in [0, 0.1) is 0 Å². The third-order valence-corrected chi connectivity index (χ3v) is 4.25. The highest BCUT2D eigenvalue weighted by molar-refractivity contribution is 5.13. The first-order chi connectivity index (χ1) is 12.0. The van der Waals surface area contributed by atoms with E-state index in [0.29, 0.717) is 6.61 Å². The first-order valence-corrected chi connectivity index (χ1v) is 8.58. The third-order valence-electron chi connectivity index (χ3n) is 4.25. The van der Waals surface area contributed by atoms with Gasteiger partial charge in [-0.25, -0.2) is 0 Å². The fourth-order valence-electron chi connectivity index (χ4n) is 3.16. The summed E-state index contributed by atoms with van der Waals surface area (Å²) in [5.74, 6) is -0.729. The van der Waals surface area contributed by atoms with Crippen molar-refractivity contribution in [3.63, 3.8) is 0 Å². The summed E-state index contributed by atoms with van der Waals surface area (Å²) in [5.41, 5.74) is 1.05. The lowest BCUT2D eigenvalue weighted by Gasteiger charge is -2.29. The van der Waals surface area contributed by atoms with Crippen LogP contribution in [0.3, 0.4) is 0 Å². The Morgan fingerprint density at radius 1 is 1.24 bits per heavy atom. The van der Waals surface area contributed by atoms with E-state index in [9.17, 15) is 5.11 Å². The molecule has 6 nitrogen and oxygen atoms in total. The van der Waals surface area contributed by atoms with Gasteiger partial charge < -0.3 is 28.8 Å². The number of fused-ring (bicyclic) bond motifs is 1. The van der Waals surface area contributed by atoms with E-state index in [0.717, 1.165) is 5.56 Å². The van der Waals surface area contributed by atoms with Crippen LogP contribution in [0.5, 0.6) is 0 Å². The number of hydrogen-bond donors (Lipinski definition) is 1. The lowest BCUT2D eigenvalue weighted by atomic mass is 10.1. The molecule has 6 heteroatoms. The molecule has 25 heavy (non-hydrogen) atoms. The minimum Gasteiger partial charge on any atom is -0.493 e. The molecular formula is C19H26O6. The van der Waals surface area contributed by atoms with E-state index in [1.54, 1.807) is 6.08 Å². The number of benzene rings is 1. The maximum Gasteiger partial charge on any atom is 0.190 e. The van der Waals surface area contributed by atoms with Crippen LogP contribution in [0.15, 0.2) is 42.7 Å². The quantitative estimate of drug-likeness (QED) is 0.762. The minimum atomic E-state index is -0.729. The van der Waals surface area contributed by atoms with Crippen LogP contribution in [-0.2, 0) is 30.3 Å². The van der Waals surface area contributed by atoms with Crippen LogP contribution in [0.2, 0.25) is 0 Å². The van der Waals surface area contributed by atoms with E-state index in [1.165, 1.54) is 6.26 Å². The smallest absolute Gasteiger partial charge is 0.190 e. The largest absolute Gasteiger partial charge is 0.493 e. The fourth-order valence-corrected chi connectivity index (χ4v) is 3.16. The zero-order chi connectivity index (χ0) is 17.9. The van der Waals surface area contributed by atoms with Crippen molar-refractivity contribution in [2.24, 2.45) is 0 Å². The van der Waals surface area contributed by atoms with E-state index in [2.05, 4.69) is 0 Å². The van der Waals surface area contributed by atoms with E-state index in [4.69, 9.17) is 23.7 Å². The molecule has 2 heterocycles.